The maximum absolute atomic E-state index is 13.8. The molecule has 0 aliphatic heterocycles. The summed E-state index contributed by atoms with van der Waals surface area (Å²) in [5, 5.41) is 2.90. The zero-order chi connectivity index (χ0) is 21.8. The van der Waals surface area contributed by atoms with Gasteiger partial charge in [0.15, 0.2) is 5.76 Å². The molecule has 0 bridgehead atoms. The van der Waals surface area contributed by atoms with Crippen LogP contribution in [-0.2, 0) is 4.79 Å². The maximum atomic E-state index is 13.8. The number of pyridine rings is 1. The van der Waals surface area contributed by atoms with Crippen LogP contribution in [0.1, 0.15) is 47.8 Å². The predicted octanol–water partition coefficient (Wildman–Crippen LogP) is 4.91. The number of rotatable bonds is 6. The summed E-state index contributed by atoms with van der Waals surface area (Å²) in [5.74, 6) is -1.48. The Morgan fingerprint density at radius 2 is 2.00 bits per heavy atom. The molecule has 1 aliphatic rings. The summed E-state index contributed by atoms with van der Waals surface area (Å²) >= 11 is 6.01. The quantitative estimate of drug-likeness (QED) is 0.589. The van der Waals surface area contributed by atoms with E-state index < -0.39 is 17.8 Å². The first kappa shape index (κ1) is 21.1. The van der Waals surface area contributed by atoms with Crippen molar-refractivity contribution in [2.24, 2.45) is 0 Å². The van der Waals surface area contributed by atoms with Crippen molar-refractivity contribution in [1.82, 2.24) is 10.3 Å². The third-order valence-electron chi connectivity index (χ3n) is 5.34. The number of furan rings is 1. The molecule has 1 N–H and O–H groups in total. The molecule has 1 saturated carbocycles. The van der Waals surface area contributed by atoms with Gasteiger partial charge in [-0.25, -0.2) is 4.39 Å². The molecule has 4 rings (SSSR count). The smallest absolute Gasteiger partial charge is 0.294 e. The van der Waals surface area contributed by atoms with Gasteiger partial charge in [0.1, 0.15) is 11.9 Å². The molecular formula is C23H21ClFN3O3. The van der Waals surface area contributed by atoms with Gasteiger partial charge < -0.3 is 9.73 Å². The largest absolute Gasteiger partial charge is 0.459 e. The van der Waals surface area contributed by atoms with E-state index in [0.29, 0.717) is 5.56 Å². The highest BCUT2D eigenvalue weighted by Crippen LogP contribution is 2.32. The lowest BCUT2D eigenvalue weighted by atomic mass is 10.0. The third kappa shape index (κ3) is 4.61. The summed E-state index contributed by atoms with van der Waals surface area (Å²) in [4.78, 5) is 32.3. The monoisotopic (exact) mass is 441 g/mol. The number of aromatic nitrogens is 1. The molecule has 1 aliphatic carbocycles. The van der Waals surface area contributed by atoms with Crippen LogP contribution in [0.15, 0.2) is 65.5 Å². The molecule has 160 valence electrons. The standard InChI is InChI=1S/C23H21ClFN3O3/c24-18-13-17(9-10-19(18)25)28(23(30)20-8-4-12-31-20)21(15-5-3-11-26-14-15)22(29)27-16-6-1-2-7-16/h3-5,8-14,16,21H,1-2,6-7H2,(H,27,29)/t21-/m0/s1. The lowest BCUT2D eigenvalue weighted by molar-refractivity contribution is -0.123. The molecule has 0 radical (unpaired) electrons. The van der Waals surface area contributed by atoms with Crippen molar-refractivity contribution in [2.75, 3.05) is 4.90 Å². The normalized spacial score (nSPS) is 14.9. The fraction of sp³-hybridized carbons (Fsp3) is 0.261. The minimum absolute atomic E-state index is 0.0444. The molecule has 3 aromatic rings. The van der Waals surface area contributed by atoms with Crippen molar-refractivity contribution in [3.63, 3.8) is 0 Å². The van der Waals surface area contributed by atoms with Gasteiger partial charge in [-0.2, -0.15) is 0 Å². The number of carbonyl (C=O) groups is 2. The minimum Gasteiger partial charge on any atom is -0.459 e. The van der Waals surface area contributed by atoms with E-state index in [1.54, 1.807) is 24.4 Å². The Hall–Kier alpha value is -3.19. The molecular weight excluding hydrogens is 421 g/mol. The molecule has 0 saturated heterocycles. The van der Waals surface area contributed by atoms with Crippen LogP contribution in [0.5, 0.6) is 0 Å². The molecule has 8 heteroatoms. The van der Waals surface area contributed by atoms with Crippen molar-refractivity contribution >= 4 is 29.1 Å². The van der Waals surface area contributed by atoms with Gasteiger partial charge in [0.05, 0.1) is 11.3 Å². The van der Waals surface area contributed by atoms with Crippen LogP contribution in [0.25, 0.3) is 0 Å². The summed E-state index contributed by atoms with van der Waals surface area (Å²) in [6, 6.07) is 9.40. The highest BCUT2D eigenvalue weighted by Gasteiger charge is 2.36. The molecule has 2 amide bonds. The number of carbonyl (C=O) groups excluding carboxylic acids is 2. The first-order valence-electron chi connectivity index (χ1n) is 10.1. The van der Waals surface area contributed by atoms with Gasteiger partial charge in [0, 0.05) is 29.7 Å². The van der Waals surface area contributed by atoms with Crippen molar-refractivity contribution in [3.05, 3.63) is 83.3 Å². The van der Waals surface area contributed by atoms with E-state index in [1.165, 1.54) is 35.6 Å². The molecule has 2 heterocycles. The van der Waals surface area contributed by atoms with E-state index >= 15 is 0 Å². The topological polar surface area (TPSA) is 75.4 Å². The Bertz CT molecular complexity index is 1050. The number of halogens is 2. The minimum atomic E-state index is -1.05. The van der Waals surface area contributed by atoms with Crippen molar-refractivity contribution in [1.29, 1.82) is 0 Å². The van der Waals surface area contributed by atoms with Crippen LogP contribution >= 0.6 is 11.6 Å². The van der Waals surface area contributed by atoms with E-state index in [1.807, 2.05) is 0 Å². The van der Waals surface area contributed by atoms with Crippen LogP contribution in [0.4, 0.5) is 10.1 Å². The van der Waals surface area contributed by atoms with Gasteiger partial charge in [-0.1, -0.05) is 30.5 Å². The SMILES string of the molecule is O=C(NC1CCCC1)[C@H](c1cccnc1)N(C(=O)c1ccco1)c1ccc(F)c(Cl)c1. The van der Waals surface area contributed by atoms with Crippen LogP contribution in [0.3, 0.4) is 0 Å². The fourth-order valence-electron chi connectivity index (χ4n) is 3.84. The van der Waals surface area contributed by atoms with Gasteiger partial charge in [-0.3, -0.25) is 19.5 Å². The number of nitrogens with zero attached hydrogens (tertiary/aromatic N) is 2. The highest BCUT2D eigenvalue weighted by atomic mass is 35.5. The second-order valence-electron chi connectivity index (χ2n) is 7.43. The molecule has 31 heavy (non-hydrogen) atoms. The van der Waals surface area contributed by atoms with E-state index in [0.717, 1.165) is 31.7 Å². The first-order chi connectivity index (χ1) is 15.0. The second kappa shape index (κ2) is 9.31. The van der Waals surface area contributed by atoms with Crippen molar-refractivity contribution < 1.29 is 18.4 Å². The van der Waals surface area contributed by atoms with E-state index in [2.05, 4.69) is 10.3 Å². The van der Waals surface area contributed by atoms with E-state index in [-0.39, 0.29) is 28.4 Å². The maximum Gasteiger partial charge on any atom is 0.294 e. The lowest BCUT2D eigenvalue weighted by Gasteiger charge is -2.31. The van der Waals surface area contributed by atoms with Gasteiger partial charge in [0.25, 0.3) is 5.91 Å². The van der Waals surface area contributed by atoms with Crippen LogP contribution in [0, 0.1) is 5.82 Å². The highest BCUT2D eigenvalue weighted by molar-refractivity contribution is 6.31. The Morgan fingerprint density at radius 1 is 1.19 bits per heavy atom. The summed E-state index contributed by atoms with van der Waals surface area (Å²) in [5.41, 5.74) is 0.779. The average Bonchev–Trinajstić information content (AvgIpc) is 3.48. The van der Waals surface area contributed by atoms with Gasteiger partial charge >= 0.3 is 0 Å². The fourth-order valence-corrected chi connectivity index (χ4v) is 4.02. The molecule has 1 fully saturated rings. The Balaban J connectivity index is 1.81. The molecule has 1 aromatic carbocycles. The van der Waals surface area contributed by atoms with Gasteiger partial charge in [0.2, 0.25) is 5.91 Å². The average molecular weight is 442 g/mol. The zero-order valence-corrected chi connectivity index (χ0v) is 17.4. The number of hydrogen-bond acceptors (Lipinski definition) is 4. The Labute approximate surface area is 184 Å². The molecule has 6 nitrogen and oxygen atoms in total. The van der Waals surface area contributed by atoms with Crippen LogP contribution in [0.2, 0.25) is 5.02 Å². The summed E-state index contributed by atoms with van der Waals surface area (Å²) < 4.78 is 19.2. The number of nitrogens with one attached hydrogen (secondary N) is 1. The molecule has 2 aromatic heterocycles. The Morgan fingerprint density at radius 3 is 2.65 bits per heavy atom. The Kier molecular flexibility index (Phi) is 6.32. The van der Waals surface area contributed by atoms with Crippen LogP contribution in [-0.4, -0.2) is 22.8 Å². The number of benzene rings is 1. The predicted molar refractivity (Wildman–Crippen MR) is 114 cm³/mol. The summed E-state index contributed by atoms with van der Waals surface area (Å²) in [7, 11) is 0. The number of hydrogen-bond donors (Lipinski definition) is 1. The summed E-state index contributed by atoms with van der Waals surface area (Å²) in [6.45, 7) is 0. The first-order valence-corrected chi connectivity index (χ1v) is 10.4. The van der Waals surface area contributed by atoms with E-state index in [9.17, 15) is 14.0 Å². The van der Waals surface area contributed by atoms with E-state index in [4.69, 9.17) is 16.0 Å². The number of amides is 2. The lowest BCUT2D eigenvalue weighted by Crippen LogP contribution is -2.46. The van der Waals surface area contributed by atoms with Crippen molar-refractivity contribution in [2.45, 2.75) is 37.8 Å². The van der Waals surface area contributed by atoms with Gasteiger partial charge in [-0.05, 0) is 49.2 Å². The zero-order valence-electron chi connectivity index (χ0n) is 16.6. The molecule has 1 atom stereocenters. The second-order valence-corrected chi connectivity index (χ2v) is 7.84. The van der Waals surface area contributed by atoms with Crippen molar-refractivity contribution in [3.8, 4) is 0 Å². The molecule has 0 unspecified atom stereocenters. The van der Waals surface area contributed by atoms with Gasteiger partial charge in [-0.15, -0.1) is 0 Å². The third-order valence-corrected chi connectivity index (χ3v) is 5.63. The number of anilines is 1. The summed E-state index contributed by atoms with van der Waals surface area (Å²) in [6.07, 6.45) is 8.37. The van der Waals surface area contributed by atoms with Crippen LogP contribution < -0.4 is 10.2 Å². The molecule has 0 spiro atoms.